The van der Waals surface area contributed by atoms with Gasteiger partial charge in [0, 0.05) is 10.4 Å². The standard InChI is InChI=1S/C15H11NO2S/c1-10-7-8-19-13(10)9-12-15(17)18-14(16-12)11-5-3-2-4-6-11/h2-9H,1H3/b12-9-. The van der Waals surface area contributed by atoms with Crippen molar-refractivity contribution in [2.45, 2.75) is 6.92 Å². The summed E-state index contributed by atoms with van der Waals surface area (Å²) in [6, 6.07) is 11.4. The van der Waals surface area contributed by atoms with Gasteiger partial charge in [0.05, 0.1) is 0 Å². The third-order valence-corrected chi connectivity index (χ3v) is 3.78. The van der Waals surface area contributed by atoms with Gasteiger partial charge >= 0.3 is 5.97 Å². The second-order valence-electron chi connectivity index (χ2n) is 4.17. The molecule has 1 aromatic carbocycles. The van der Waals surface area contributed by atoms with Crippen molar-refractivity contribution in [1.82, 2.24) is 0 Å². The molecule has 0 spiro atoms. The summed E-state index contributed by atoms with van der Waals surface area (Å²) in [5, 5.41) is 1.99. The SMILES string of the molecule is Cc1ccsc1/C=C1\N=C(c2ccccc2)OC1=O. The van der Waals surface area contributed by atoms with Crippen molar-refractivity contribution >= 4 is 29.3 Å². The molecule has 1 aromatic heterocycles. The number of hydrogen-bond acceptors (Lipinski definition) is 4. The summed E-state index contributed by atoms with van der Waals surface area (Å²) in [5.74, 6) is -0.0299. The molecule has 2 aromatic rings. The van der Waals surface area contributed by atoms with Crippen molar-refractivity contribution in [1.29, 1.82) is 0 Å². The molecular weight excluding hydrogens is 258 g/mol. The maximum absolute atomic E-state index is 11.8. The average Bonchev–Trinajstić information content (AvgIpc) is 2.99. The van der Waals surface area contributed by atoms with E-state index in [1.54, 1.807) is 17.4 Å². The summed E-state index contributed by atoms with van der Waals surface area (Å²) in [6.45, 7) is 2.00. The molecule has 0 aliphatic carbocycles. The van der Waals surface area contributed by atoms with E-state index in [1.165, 1.54) is 0 Å². The van der Waals surface area contributed by atoms with Crippen LogP contribution < -0.4 is 0 Å². The summed E-state index contributed by atoms with van der Waals surface area (Å²) in [5.41, 5.74) is 2.29. The molecule has 0 amide bonds. The van der Waals surface area contributed by atoms with Crippen molar-refractivity contribution in [3.63, 3.8) is 0 Å². The van der Waals surface area contributed by atoms with Gasteiger partial charge in [-0.3, -0.25) is 0 Å². The van der Waals surface area contributed by atoms with Gasteiger partial charge < -0.3 is 4.74 Å². The van der Waals surface area contributed by atoms with Crippen LogP contribution in [0.3, 0.4) is 0 Å². The molecule has 4 heteroatoms. The van der Waals surface area contributed by atoms with E-state index in [4.69, 9.17) is 4.74 Å². The minimum Gasteiger partial charge on any atom is -0.402 e. The van der Waals surface area contributed by atoms with Gasteiger partial charge in [-0.15, -0.1) is 11.3 Å². The fourth-order valence-electron chi connectivity index (χ4n) is 1.77. The monoisotopic (exact) mass is 269 g/mol. The molecule has 0 N–H and O–H groups in total. The molecule has 0 bridgehead atoms. The lowest BCUT2D eigenvalue weighted by molar-refractivity contribution is -0.129. The second kappa shape index (κ2) is 4.82. The predicted molar refractivity (Wildman–Crippen MR) is 76.1 cm³/mol. The van der Waals surface area contributed by atoms with Crippen LogP contribution in [-0.2, 0) is 9.53 Å². The van der Waals surface area contributed by atoms with E-state index < -0.39 is 5.97 Å². The number of carbonyl (C=O) groups excluding carboxylic acids is 1. The molecule has 1 aliphatic heterocycles. The van der Waals surface area contributed by atoms with Crippen LogP contribution in [0, 0.1) is 6.92 Å². The number of thiophene rings is 1. The van der Waals surface area contributed by atoms with Crippen molar-refractivity contribution in [2.75, 3.05) is 0 Å². The molecule has 1 aliphatic rings. The van der Waals surface area contributed by atoms with Crippen LogP contribution in [-0.4, -0.2) is 11.9 Å². The van der Waals surface area contributed by atoms with E-state index in [0.29, 0.717) is 11.6 Å². The lowest BCUT2D eigenvalue weighted by atomic mass is 10.2. The lowest BCUT2D eigenvalue weighted by Crippen LogP contribution is -2.04. The van der Waals surface area contributed by atoms with Gasteiger partial charge in [-0.1, -0.05) is 18.2 Å². The van der Waals surface area contributed by atoms with Gasteiger partial charge in [-0.05, 0) is 42.1 Å². The molecule has 0 saturated carbocycles. The van der Waals surface area contributed by atoms with E-state index in [1.807, 2.05) is 48.7 Å². The van der Waals surface area contributed by atoms with Crippen LogP contribution in [0.25, 0.3) is 6.08 Å². The summed E-state index contributed by atoms with van der Waals surface area (Å²) < 4.78 is 5.20. The quantitative estimate of drug-likeness (QED) is 0.619. The van der Waals surface area contributed by atoms with Crippen molar-refractivity contribution in [2.24, 2.45) is 4.99 Å². The molecule has 0 radical (unpaired) electrons. The zero-order valence-corrected chi connectivity index (χ0v) is 11.1. The summed E-state index contributed by atoms with van der Waals surface area (Å²) >= 11 is 1.58. The number of hydrogen-bond donors (Lipinski definition) is 0. The first-order valence-electron chi connectivity index (χ1n) is 5.86. The maximum atomic E-state index is 11.8. The van der Waals surface area contributed by atoms with E-state index in [-0.39, 0.29) is 0 Å². The molecular formula is C15H11NO2S. The molecule has 0 atom stereocenters. The van der Waals surface area contributed by atoms with E-state index >= 15 is 0 Å². The van der Waals surface area contributed by atoms with Gasteiger partial charge in [0.1, 0.15) is 0 Å². The largest absolute Gasteiger partial charge is 0.402 e. The van der Waals surface area contributed by atoms with Gasteiger partial charge in [-0.25, -0.2) is 9.79 Å². The highest BCUT2D eigenvalue weighted by Crippen LogP contribution is 2.23. The van der Waals surface area contributed by atoms with Gasteiger partial charge in [0.15, 0.2) is 5.70 Å². The Hall–Kier alpha value is -2.20. The minimum absolute atomic E-state index is 0.351. The number of benzene rings is 1. The van der Waals surface area contributed by atoms with E-state index in [0.717, 1.165) is 16.0 Å². The minimum atomic E-state index is -0.397. The third kappa shape index (κ3) is 2.35. The molecule has 3 rings (SSSR count). The summed E-state index contributed by atoms with van der Waals surface area (Å²) in [6.07, 6.45) is 1.78. The normalized spacial score (nSPS) is 16.6. The number of rotatable bonds is 2. The topological polar surface area (TPSA) is 38.7 Å². The fraction of sp³-hybridized carbons (Fsp3) is 0.0667. The third-order valence-electron chi connectivity index (χ3n) is 2.81. The molecule has 2 heterocycles. The van der Waals surface area contributed by atoms with Crippen molar-refractivity contribution in [3.05, 3.63) is 63.5 Å². The summed E-state index contributed by atoms with van der Waals surface area (Å²) in [7, 11) is 0. The average molecular weight is 269 g/mol. The first kappa shape index (κ1) is 11.9. The lowest BCUT2D eigenvalue weighted by Gasteiger charge is -1.97. The Bertz CT molecular complexity index is 683. The Morgan fingerprint density at radius 1 is 1.21 bits per heavy atom. The highest BCUT2D eigenvalue weighted by molar-refractivity contribution is 7.11. The van der Waals surface area contributed by atoms with Crippen LogP contribution in [0.2, 0.25) is 0 Å². The molecule has 0 saturated heterocycles. The Morgan fingerprint density at radius 3 is 2.68 bits per heavy atom. The van der Waals surface area contributed by atoms with Crippen LogP contribution in [0.5, 0.6) is 0 Å². The second-order valence-corrected chi connectivity index (χ2v) is 5.12. The van der Waals surface area contributed by atoms with Crippen molar-refractivity contribution < 1.29 is 9.53 Å². The number of nitrogens with zero attached hydrogens (tertiary/aromatic N) is 1. The Labute approximate surface area is 114 Å². The molecule has 19 heavy (non-hydrogen) atoms. The highest BCUT2D eigenvalue weighted by atomic mass is 32.1. The molecule has 3 nitrogen and oxygen atoms in total. The predicted octanol–water partition coefficient (Wildman–Crippen LogP) is 3.40. The van der Waals surface area contributed by atoms with Crippen LogP contribution >= 0.6 is 11.3 Å². The Morgan fingerprint density at radius 2 is 2.00 bits per heavy atom. The van der Waals surface area contributed by atoms with Gasteiger partial charge in [0.2, 0.25) is 5.90 Å². The number of aliphatic imine (C=N–C) groups is 1. The molecule has 0 unspecified atom stereocenters. The van der Waals surface area contributed by atoms with Crippen LogP contribution in [0.1, 0.15) is 16.0 Å². The van der Waals surface area contributed by atoms with E-state index in [2.05, 4.69) is 4.99 Å². The van der Waals surface area contributed by atoms with Crippen LogP contribution in [0.15, 0.2) is 52.5 Å². The van der Waals surface area contributed by atoms with E-state index in [9.17, 15) is 4.79 Å². The number of cyclic esters (lactones) is 1. The highest BCUT2D eigenvalue weighted by Gasteiger charge is 2.24. The number of aryl methyl sites for hydroxylation is 1. The smallest absolute Gasteiger partial charge is 0.363 e. The van der Waals surface area contributed by atoms with Gasteiger partial charge in [0.25, 0.3) is 0 Å². The van der Waals surface area contributed by atoms with Crippen molar-refractivity contribution in [3.8, 4) is 0 Å². The fourth-order valence-corrected chi connectivity index (χ4v) is 2.62. The first-order valence-corrected chi connectivity index (χ1v) is 6.74. The number of ether oxygens (including phenoxy) is 1. The first-order chi connectivity index (χ1) is 9.24. The zero-order valence-electron chi connectivity index (χ0n) is 10.3. The molecule has 0 fully saturated rings. The Balaban J connectivity index is 1.96. The Kier molecular flexibility index (Phi) is 3.01. The number of esters is 1. The molecule has 94 valence electrons. The number of carbonyl (C=O) groups is 1. The summed E-state index contributed by atoms with van der Waals surface area (Å²) in [4.78, 5) is 17.1. The maximum Gasteiger partial charge on any atom is 0.363 e. The zero-order chi connectivity index (χ0) is 13.2. The van der Waals surface area contributed by atoms with Crippen LogP contribution in [0.4, 0.5) is 0 Å². The van der Waals surface area contributed by atoms with Gasteiger partial charge in [-0.2, -0.15) is 0 Å².